The predicted octanol–water partition coefficient (Wildman–Crippen LogP) is 2.93. The van der Waals surface area contributed by atoms with Crippen molar-refractivity contribution in [1.82, 2.24) is 0 Å². The van der Waals surface area contributed by atoms with Crippen LogP contribution in [0.5, 0.6) is 0 Å². The second-order valence-corrected chi connectivity index (χ2v) is 2.89. The summed E-state index contributed by atoms with van der Waals surface area (Å²) in [5.74, 6) is 0. The van der Waals surface area contributed by atoms with Crippen LogP contribution >= 0.6 is 11.6 Å². The highest BCUT2D eigenvalue weighted by Crippen LogP contribution is 2.07. The lowest BCUT2D eigenvalue weighted by Crippen LogP contribution is -1.79. The first kappa shape index (κ1) is 9.93. The molecule has 68 valence electrons. The van der Waals surface area contributed by atoms with E-state index in [-0.39, 0.29) is 0 Å². The first-order chi connectivity index (χ1) is 6.22. The van der Waals surface area contributed by atoms with Crippen LogP contribution in [0.25, 0.3) is 6.08 Å². The number of hydrogen-bond donors (Lipinski definition) is 0. The highest BCUT2D eigenvalue weighted by molar-refractivity contribution is 6.66. The quantitative estimate of drug-likeness (QED) is 0.539. The summed E-state index contributed by atoms with van der Waals surface area (Å²) >= 11 is 5.10. The van der Waals surface area contributed by atoms with Gasteiger partial charge in [-0.2, -0.15) is 0 Å². The molecule has 0 radical (unpaired) electrons. The van der Waals surface area contributed by atoms with Crippen LogP contribution in [0, 0.1) is 0 Å². The Labute approximate surface area is 80.8 Å². The van der Waals surface area contributed by atoms with Gasteiger partial charge < -0.3 is 0 Å². The van der Waals surface area contributed by atoms with Crippen LogP contribution in [0.1, 0.15) is 11.1 Å². The molecule has 0 unspecified atom stereocenters. The SMILES string of the molecule is O=C(Cl)/C=C/c1ccc(CF)cc1. The molecule has 0 aliphatic rings. The second kappa shape index (κ2) is 4.77. The predicted molar refractivity (Wildman–Crippen MR) is 51.1 cm³/mol. The van der Waals surface area contributed by atoms with E-state index in [1.54, 1.807) is 30.3 Å². The van der Waals surface area contributed by atoms with Crippen LogP contribution in [-0.2, 0) is 11.5 Å². The highest BCUT2D eigenvalue weighted by atomic mass is 35.5. The van der Waals surface area contributed by atoms with Crippen molar-refractivity contribution in [2.24, 2.45) is 0 Å². The molecule has 0 fully saturated rings. The molecule has 0 aliphatic heterocycles. The maximum absolute atomic E-state index is 12.1. The minimum Gasteiger partial charge on any atom is -0.276 e. The Balaban J connectivity index is 2.75. The maximum atomic E-state index is 12.1. The van der Waals surface area contributed by atoms with Crippen molar-refractivity contribution in [1.29, 1.82) is 0 Å². The number of halogens is 2. The summed E-state index contributed by atoms with van der Waals surface area (Å²) in [6, 6.07) is 6.78. The van der Waals surface area contributed by atoms with Gasteiger partial charge in [0.2, 0.25) is 5.24 Å². The fourth-order valence-corrected chi connectivity index (χ4v) is 0.943. The third-order valence-electron chi connectivity index (χ3n) is 1.54. The first-order valence-electron chi connectivity index (χ1n) is 3.75. The Kier molecular flexibility index (Phi) is 3.65. The maximum Gasteiger partial charge on any atom is 0.245 e. The molecule has 13 heavy (non-hydrogen) atoms. The Bertz CT molecular complexity index is 316. The van der Waals surface area contributed by atoms with Gasteiger partial charge in [0.1, 0.15) is 6.67 Å². The van der Waals surface area contributed by atoms with Gasteiger partial charge in [0.05, 0.1) is 0 Å². The molecule has 1 nitrogen and oxygen atoms in total. The van der Waals surface area contributed by atoms with Crippen LogP contribution in [-0.4, -0.2) is 5.24 Å². The number of carbonyl (C=O) groups excluding carboxylic acids is 1. The third kappa shape index (κ3) is 3.38. The Hall–Kier alpha value is -1.15. The van der Waals surface area contributed by atoms with Crippen LogP contribution in [0.4, 0.5) is 4.39 Å². The summed E-state index contributed by atoms with van der Waals surface area (Å²) in [7, 11) is 0. The highest BCUT2D eigenvalue weighted by Gasteiger charge is 1.91. The van der Waals surface area contributed by atoms with Crippen molar-refractivity contribution in [2.45, 2.75) is 6.67 Å². The lowest BCUT2D eigenvalue weighted by molar-refractivity contribution is -0.107. The van der Waals surface area contributed by atoms with E-state index in [0.717, 1.165) is 5.56 Å². The van der Waals surface area contributed by atoms with Crippen molar-refractivity contribution in [3.8, 4) is 0 Å². The van der Waals surface area contributed by atoms with Crippen molar-refractivity contribution < 1.29 is 9.18 Å². The van der Waals surface area contributed by atoms with Gasteiger partial charge in [0.25, 0.3) is 0 Å². The molecule has 3 heteroatoms. The zero-order valence-electron chi connectivity index (χ0n) is 6.84. The molecular weight excluding hydrogens is 191 g/mol. The Morgan fingerprint density at radius 2 is 2.00 bits per heavy atom. The van der Waals surface area contributed by atoms with E-state index in [1.807, 2.05) is 0 Å². The molecule has 0 saturated heterocycles. The van der Waals surface area contributed by atoms with Gasteiger partial charge >= 0.3 is 0 Å². The van der Waals surface area contributed by atoms with E-state index in [4.69, 9.17) is 11.6 Å². The molecule has 0 aliphatic carbocycles. The van der Waals surface area contributed by atoms with E-state index in [0.29, 0.717) is 5.56 Å². The molecule has 1 aromatic carbocycles. The summed E-state index contributed by atoms with van der Waals surface area (Å²) in [6.07, 6.45) is 2.84. The van der Waals surface area contributed by atoms with E-state index in [1.165, 1.54) is 6.08 Å². The van der Waals surface area contributed by atoms with Crippen LogP contribution in [0.3, 0.4) is 0 Å². The summed E-state index contributed by atoms with van der Waals surface area (Å²) in [6.45, 7) is -0.474. The molecule has 1 rings (SSSR count). The number of benzene rings is 1. The molecule has 1 aromatic rings. The summed E-state index contributed by atoms with van der Waals surface area (Å²) < 4.78 is 12.1. The lowest BCUT2D eigenvalue weighted by Gasteiger charge is -1.94. The fraction of sp³-hybridized carbons (Fsp3) is 0.100. The van der Waals surface area contributed by atoms with E-state index < -0.39 is 11.9 Å². The van der Waals surface area contributed by atoms with Gasteiger partial charge in [-0.05, 0) is 28.8 Å². The van der Waals surface area contributed by atoms with Crippen LogP contribution in [0.2, 0.25) is 0 Å². The van der Waals surface area contributed by atoms with Crippen LogP contribution < -0.4 is 0 Å². The van der Waals surface area contributed by atoms with Crippen molar-refractivity contribution >= 4 is 22.9 Å². The topological polar surface area (TPSA) is 17.1 Å². The summed E-state index contributed by atoms with van der Waals surface area (Å²) in [4.78, 5) is 10.4. The number of alkyl halides is 1. The smallest absolute Gasteiger partial charge is 0.245 e. The van der Waals surface area contributed by atoms with Crippen LogP contribution in [0.15, 0.2) is 30.3 Å². The molecule has 0 atom stereocenters. The first-order valence-corrected chi connectivity index (χ1v) is 4.12. The zero-order valence-corrected chi connectivity index (χ0v) is 7.59. The molecule has 0 bridgehead atoms. The number of rotatable bonds is 3. The lowest BCUT2D eigenvalue weighted by atomic mass is 10.1. The zero-order chi connectivity index (χ0) is 9.68. The van der Waals surface area contributed by atoms with E-state index in [9.17, 15) is 9.18 Å². The van der Waals surface area contributed by atoms with Crippen molar-refractivity contribution in [3.05, 3.63) is 41.5 Å². The van der Waals surface area contributed by atoms with Gasteiger partial charge in [-0.15, -0.1) is 0 Å². The number of allylic oxidation sites excluding steroid dienone is 1. The normalized spacial score (nSPS) is 10.6. The van der Waals surface area contributed by atoms with Gasteiger partial charge in [-0.25, -0.2) is 4.39 Å². The van der Waals surface area contributed by atoms with Gasteiger partial charge in [0.15, 0.2) is 0 Å². The molecule has 0 heterocycles. The van der Waals surface area contributed by atoms with Gasteiger partial charge in [-0.1, -0.05) is 30.3 Å². The third-order valence-corrected chi connectivity index (χ3v) is 1.67. The standard InChI is InChI=1S/C10H8ClFO/c11-10(13)6-5-8-1-3-9(7-12)4-2-8/h1-6H,7H2/b6-5+. The Morgan fingerprint density at radius 3 is 2.46 bits per heavy atom. The van der Waals surface area contributed by atoms with Gasteiger partial charge in [-0.3, -0.25) is 4.79 Å². The molecule has 0 saturated carbocycles. The summed E-state index contributed by atoms with van der Waals surface area (Å²) in [5.41, 5.74) is 1.44. The minimum absolute atomic E-state index is 0.474. The molecule has 0 N–H and O–H groups in total. The van der Waals surface area contributed by atoms with E-state index in [2.05, 4.69) is 0 Å². The average molecular weight is 199 g/mol. The largest absolute Gasteiger partial charge is 0.276 e. The summed E-state index contributed by atoms with van der Waals surface area (Å²) in [5, 5.41) is -0.519. The second-order valence-electron chi connectivity index (χ2n) is 2.51. The minimum atomic E-state index is -0.519. The van der Waals surface area contributed by atoms with E-state index >= 15 is 0 Å². The molecular formula is C10H8ClFO. The molecule has 0 aromatic heterocycles. The molecule has 0 amide bonds. The fourth-order valence-electron chi connectivity index (χ4n) is 0.880. The van der Waals surface area contributed by atoms with Crippen molar-refractivity contribution in [3.63, 3.8) is 0 Å². The monoisotopic (exact) mass is 198 g/mol. The Morgan fingerprint density at radius 1 is 1.38 bits per heavy atom. The van der Waals surface area contributed by atoms with Gasteiger partial charge in [0, 0.05) is 0 Å². The number of hydrogen-bond acceptors (Lipinski definition) is 1. The van der Waals surface area contributed by atoms with Crippen molar-refractivity contribution in [2.75, 3.05) is 0 Å². The average Bonchev–Trinajstić information content (AvgIpc) is 2.15. The number of carbonyl (C=O) groups is 1. The molecule has 0 spiro atoms.